The number of hydrogen-bond acceptors (Lipinski definition) is 4. The van der Waals surface area contributed by atoms with Crippen molar-refractivity contribution in [3.05, 3.63) is 11.8 Å². The quantitative estimate of drug-likeness (QED) is 0.716. The average Bonchev–Trinajstić information content (AvgIpc) is 2.35. The minimum absolute atomic E-state index is 0.0474. The van der Waals surface area contributed by atoms with Gasteiger partial charge < -0.3 is 9.52 Å². The summed E-state index contributed by atoms with van der Waals surface area (Å²) in [5.74, 6) is 1.12. The Bertz CT molecular complexity index is 250. The summed E-state index contributed by atoms with van der Waals surface area (Å²) in [5.41, 5.74) is -0.110. The summed E-state index contributed by atoms with van der Waals surface area (Å²) in [6.45, 7) is 6.06. The Morgan fingerprint density at radius 1 is 1.33 bits per heavy atom. The molecule has 12 heavy (non-hydrogen) atoms. The number of aliphatic hydroxyl groups is 1. The largest absolute Gasteiger partial charge is 0.425 e. The lowest BCUT2D eigenvalue weighted by Gasteiger charge is -2.10. The number of rotatable bonds is 2. The van der Waals surface area contributed by atoms with E-state index in [1.54, 1.807) is 0 Å². The predicted molar refractivity (Wildman–Crippen MR) is 43.8 cm³/mol. The van der Waals surface area contributed by atoms with E-state index in [2.05, 4.69) is 10.2 Å². The molecule has 0 radical (unpaired) electrons. The average molecular weight is 170 g/mol. The molecule has 0 saturated carbocycles. The number of nitrogens with zero attached hydrogens (tertiary/aromatic N) is 2. The third kappa shape index (κ3) is 2.04. The maximum Gasteiger partial charge on any atom is 0.221 e. The molecular formula is C8H14N2O2. The molecule has 1 rings (SSSR count). The van der Waals surface area contributed by atoms with Crippen LogP contribution in [0.4, 0.5) is 0 Å². The SMILES string of the molecule is CC(C)(C)c1nnc(CCO)o1. The standard InChI is InChI=1S/C8H14N2O2/c1-8(2,3)7-10-9-6(12-7)4-5-11/h11H,4-5H2,1-3H3. The van der Waals surface area contributed by atoms with Crippen LogP contribution < -0.4 is 0 Å². The molecule has 1 heterocycles. The van der Waals surface area contributed by atoms with Crippen LogP contribution in [0.2, 0.25) is 0 Å². The van der Waals surface area contributed by atoms with Crippen LogP contribution in [0.5, 0.6) is 0 Å². The molecule has 4 nitrogen and oxygen atoms in total. The van der Waals surface area contributed by atoms with E-state index in [4.69, 9.17) is 9.52 Å². The molecule has 0 saturated heterocycles. The van der Waals surface area contributed by atoms with E-state index in [-0.39, 0.29) is 12.0 Å². The van der Waals surface area contributed by atoms with Crippen molar-refractivity contribution in [1.29, 1.82) is 0 Å². The van der Waals surface area contributed by atoms with Crippen LogP contribution in [0.3, 0.4) is 0 Å². The van der Waals surface area contributed by atoms with Crippen LogP contribution in [0.1, 0.15) is 32.6 Å². The summed E-state index contributed by atoms with van der Waals surface area (Å²) in [6, 6.07) is 0. The molecule has 0 bridgehead atoms. The number of aliphatic hydroxyl groups excluding tert-OH is 1. The minimum Gasteiger partial charge on any atom is -0.425 e. The molecule has 0 aliphatic heterocycles. The topological polar surface area (TPSA) is 59.2 Å². The highest BCUT2D eigenvalue weighted by molar-refractivity contribution is 4.95. The highest BCUT2D eigenvalue weighted by Crippen LogP contribution is 2.20. The molecule has 1 aromatic rings. The molecule has 0 aliphatic carbocycles. The molecule has 0 aromatic carbocycles. The van der Waals surface area contributed by atoms with Gasteiger partial charge >= 0.3 is 0 Å². The normalized spacial score (nSPS) is 12.0. The van der Waals surface area contributed by atoms with E-state index in [1.807, 2.05) is 20.8 Å². The molecule has 0 fully saturated rings. The second kappa shape index (κ2) is 3.23. The fourth-order valence-corrected chi connectivity index (χ4v) is 0.753. The summed E-state index contributed by atoms with van der Waals surface area (Å²) >= 11 is 0. The summed E-state index contributed by atoms with van der Waals surface area (Å²) in [4.78, 5) is 0. The van der Waals surface area contributed by atoms with Gasteiger partial charge in [0, 0.05) is 11.8 Å². The van der Waals surface area contributed by atoms with Gasteiger partial charge in [0.1, 0.15) is 0 Å². The van der Waals surface area contributed by atoms with Gasteiger partial charge in [0.05, 0.1) is 6.61 Å². The van der Waals surface area contributed by atoms with Gasteiger partial charge in [0.25, 0.3) is 0 Å². The lowest BCUT2D eigenvalue weighted by atomic mass is 9.97. The van der Waals surface area contributed by atoms with E-state index >= 15 is 0 Å². The van der Waals surface area contributed by atoms with Crippen LogP contribution in [-0.4, -0.2) is 21.9 Å². The Labute approximate surface area is 71.6 Å². The van der Waals surface area contributed by atoms with Gasteiger partial charge in [0.15, 0.2) is 0 Å². The van der Waals surface area contributed by atoms with Crippen LogP contribution >= 0.6 is 0 Å². The maximum absolute atomic E-state index is 8.60. The Hall–Kier alpha value is -0.900. The van der Waals surface area contributed by atoms with Crippen molar-refractivity contribution in [3.8, 4) is 0 Å². The van der Waals surface area contributed by atoms with Gasteiger partial charge in [-0.05, 0) is 0 Å². The van der Waals surface area contributed by atoms with E-state index in [0.717, 1.165) is 0 Å². The fraction of sp³-hybridized carbons (Fsp3) is 0.750. The number of aromatic nitrogens is 2. The molecule has 1 aromatic heterocycles. The fourth-order valence-electron chi connectivity index (χ4n) is 0.753. The highest BCUT2D eigenvalue weighted by atomic mass is 16.4. The first-order valence-electron chi connectivity index (χ1n) is 3.98. The summed E-state index contributed by atoms with van der Waals surface area (Å²) in [7, 11) is 0. The highest BCUT2D eigenvalue weighted by Gasteiger charge is 2.20. The first kappa shape index (κ1) is 9.19. The third-order valence-corrected chi connectivity index (χ3v) is 1.43. The first-order chi connectivity index (χ1) is 5.54. The molecule has 0 unspecified atom stereocenters. The van der Waals surface area contributed by atoms with Crippen LogP contribution in [0, 0.1) is 0 Å². The van der Waals surface area contributed by atoms with Crippen molar-refractivity contribution in [2.75, 3.05) is 6.61 Å². The van der Waals surface area contributed by atoms with Gasteiger partial charge in [-0.1, -0.05) is 20.8 Å². The molecular weight excluding hydrogens is 156 g/mol. The van der Waals surface area contributed by atoms with Crippen molar-refractivity contribution in [2.24, 2.45) is 0 Å². The lowest BCUT2D eigenvalue weighted by Crippen LogP contribution is -2.11. The zero-order chi connectivity index (χ0) is 9.19. The molecule has 68 valence electrons. The van der Waals surface area contributed by atoms with Gasteiger partial charge in [-0.25, -0.2) is 0 Å². The molecule has 0 amide bonds. The van der Waals surface area contributed by atoms with Crippen molar-refractivity contribution >= 4 is 0 Å². The second-order valence-electron chi connectivity index (χ2n) is 3.72. The van der Waals surface area contributed by atoms with Crippen LogP contribution in [0.25, 0.3) is 0 Å². The van der Waals surface area contributed by atoms with Crippen molar-refractivity contribution in [2.45, 2.75) is 32.6 Å². The summed E-state index contributed by atoms with van der Waals surface area (Å²) in [5, 5.41) is 16.3. The van der Waals surface area contributed by atoms with Crippen LogP contribution in [0.15, 0.2) is 4.42 Å². The van der Waals surface area contributed by atoms with E-state index in [9.17, 15) is 0 Å². The molecule has 0 spiro atoms. The van der Waals surface area contributed by atoms with Gasteiger partial charge in [-0.3, -0.25) is 0 Å². The Morgan fingerprint density at radius 3 is 2.42 bits per heavy atom. The zero-order valence-electron chi connectivity index (χ0n) is 7.66. The summed E-state index contributed by atoms with van der Waals surface area (Å²) in [6.07, 6.45) is 0.434. The second-order valence-corrected chi connectivity index (χ2v) is 3.72. The monoisotopic (exact) mass is 170 g/mol. The minimum atomic E-state index is -0.110. The molecule has 0 atom stereocenters. The van der Waals surface area contributed by atoms with E-state index in [0.29, 0.717) is 18.2 Å². The summed E-state index contributed by atoms with van der Waals surface area (Å²) < 4.78 is 5.31. The molecule has 0 aliphatic rings. The Balaban J connectivity index is 2.77. The van der Waals surface area contributed by atoms with E-state index < -0.39 is 0 Å². The predicted octanol–water partition coefficient (Wildman–Crippen LogP) is 0.902. The molecule has 4 heteroatoms. The van der Waals surface area contributed by atoms with Gasteiger partial charge in [0.2, 0.25) is 11.8 Å². The Morgan fingerprint density at radius 2 is 2.00 bits per heavy atom. The first-order valence-corrected chi connectivity index (χ1v) is 3.98. The van der Waals surface area contributed by atoms with Crippen molar-refractivity contribution in [1.82, 2.24) is 10.2 Å². The van der Waals surface area contributed by atoms with Gasteiger partial charge in [-0.2, -0.15) is 0 Å². The van der Waals surface area contributed by atoms with Crippen molar-refractivity contribution < 1.29 is 9.52 Å². The smallest absolute Gasteiger partial charge is 0.221 e. The zero-order valence-corrected chi connectivity index (χ0v) is 7.66. The number of hydrogen-bond donors (Lipinski definition) is 1. The lowest BCUT2D eigenvalue weighted by molar-refractivity contribution is 0.278. The van der Waals surface area contributed by atoms with Crippen LogP contribution in [-0.2, 0) is 11.8 Å². The maximum atomic E-state index is 8.60. The molecule has 1 N–H and O–H groups in total. The Kier molecular flexibility index (Phi) is 2.47. The third-order valence-electron chi connectivity index (χ3n) is 1.43. The van der Waals surface area contributed by atoms with Crippen molar-refractivity contribution in [3.63, 3.8) is 0 Å². The van der Waals surface area contributed by atoms with Gasteiger partial charge in [-0.15, -0.1) is 10.2 Å². The van der Waals surface area contributed by atoms with E-state index in [1.165, 1.54) is 0 Å².